The average Bonchev–Trinajstić information content (AvgIpc) is 2.47. The third-order valence-corrected chi connectivity index (χ3v) is 4.14. The predicted octanol–water partition coefficient (Wildman–Crippen LogP) is 2.45. The average molecular weight is 290 g/mol. The molecule has 0 bridgehead atoms. The minimum Gasteiger partial charge on any atom is -0.497 e. The van der Waals surface area contributed by atoms with Crippen LogP contribution in [0.1, 0.15) is 44.6 Å². The number of methoxy groups -OCH3 is 1. The van der Waals surface area contributed by atoms with Crippen molar-refractivity contribution in [3.05, 3.63) is 29.8 Å². The molecule has 1 aliphatic heterocycles. The molecule has 0 saturated carbocycles. The number of carbonyl (C=O) groups excluding carboxylic acids is 1. The van der Waals surface area contributed by atoms with Gasteiger partial charge in [0.2, 0.25) is 5.91 Å². The fourth-order valence-electron chi connectivity index (χ4n) is 2.89. The zero-order chi connectivity index (χ0) is 15.2. The fraction of sp³-hybridized carbons (Fsp3) is 0.588. The summed E-state index contributed by atoms with van der Waals surface area (Å²) < 4.78 is 5.24. The lowest BCUT2D eigenvalue weighted by Crippen LogP contribution is -2.46. The van der Waals surface area contributed by atoms with Gasteiger partial charge in [-0.25, -0.2) is 0 Å². The van der Waals surface area contributed by atoms with Crippen molar-refractivity contribution in [1.82, 2.24) is 10.6 Å². The van der Waals surface area contributed by atoms with E-state index in [1.165, 1.54) is 0 Å². The Morgan fingerprint density at radius 3 is 3.05 bits per heavy atom. The van der Waals surface area contributed by atoms with Gasteiger partial charge in [0.05, 0.1) is 7.11 Å². The van der Waals surface area contributed by atoms with Gasteiger partial charge in [0.15, 0.2) is 0 Å². The molecule has 1 aromatic rings. The van der Waals surface area contributed by atoms with Gasteiger partial charge in [-0.05, 0) is 49.9 Å². The van der Waals surface area contributed by atoms with E-state index in [0.717, 1.165) is 30.7 Å². The summed E-state index contributed by atoms with van der Waals surface area (Å²) in [5.41, 5.74) is 1.14. The van der Waals surface area contributed by atoms with Gasteiger partial charge in [-0.15, -0.1) is 0 Å². The number of piperidine rings is 1. The molecule has 0 spiro atoms. The molecule has 21 heavy (non-hydrogen) atoms. The minimum atomic E-state index is 0.143. The summed E-state index contributed by atoms with van der Waals surface area (Å²) in [5.74, 6) is 1.18. The van der Waals surface area contributed by atoms with Gasteiger partial charge in [0.1, 0.15) is 5.75 Å². The van der Waals surface area contributed by atoms with E-state index in [-0.39, 0.29) is 11.8 Å². The monoisotopic (exact) mass is 290 g/mol. The van der Waals surface area contributed by atoms with Crippen molar-refractivity contribution < 1.29 is 9.53 Å². The highest BCUT2D eigenvalue weighted by molar-refractivity contribution is 5.77. The normalized spacial score (nSPS) is 23.4. The summed E-state index contributed by atoms with van der Waals surface area (Å²) in [4.78, 5) is 12.2. The number of carbonyl (C=O) groups is 1. The number of nitrogens with one attached hydrogen (secondary N) is 2. The van der Waals surface area contributed by atoms with Gasteiger partial charge in [-0.1, -0.05) is 19.1 Å². The Hall–Kier alpha value is -1.55. The van der Waals surface area contributed by atoms with E-state index in [2.05, 4.69) is 24.5 Å². The van der Waals surface area contributed by atoms with E-state index in [1.54, 1.807) is 7.11 Å². The Bertz CT molecular complexity index is 476. The highest BCUT2D eigenvalue weighted by Gasteiger charge is 2.21. The highest BCUT2D eigenvalue weighted by atomic mass is 16.5. The van der Waals surface area contributed by atoms with E-state index in [9.17, 15) is 4.79 Å². The molecule has 116 valence electrons. The molecule has 2 rings (SSSR count). The summed E-state index contributed by atoms with van der Waals surface area (Å²) in [6, 6.07) is 8.74. The molecule has 1 aliphatic rings. The quantitative estimate of drug-likeness (QED) is 0.876. The molecule has 1 fully saturated rings. The molecular weight excluding hydrogens is 264 g/mol. The first-order valence-corrected chi connectivity index (χ1v) is 7.75. The topological polar surface area (TPSA) is 50.4 Å². The minimum absolute atomic E-state index is 0.143. The van der Waals surface area contributed by atoms with E-state index in [0.29, 0.717) is 18.5 Å². The molecule has 0 radical (unpaired) electrons. The van der Waals surface area contributed by atoms with Crippen molar-refractivity contribution in [2.24, 2.45) is 0 Å². The van der Waals surface area contributed by atoms with E-state index in [4.69, 9.17) is 4.74 Å². The number of hydrogen-bond donors (Lipinski definition) is 2. The number of rotatable bonds is 5. The van der Waals surface area contributed by atoms with E-state index in [1.807, 2.05) is 24.3 Å². The van der Waals surface area contributed by atoms with Crippen molar-refractivity contribution in [3.63, 3.8) is 0 Å². The van der Waals surface area contributed by atoms with Crippen LogP contribution in [0.2, 0.25) is 0 Å². The van der Waals surface area contributed by atoms with Crippen LogP contribution in [0.15, 0.2) is 24.3 Å². The molecule has 3 unspecified atom stereocenters. The first kappa shape index (κ1) is 15.8. The summed E-state index contributed by atoms with van der Waals surface area (Å²) in [6.45, 7) is 5.23. The van der Waals surface area contributed by atoms with Crippen LogP contribution in [-0.4, -0.2) is 31.6 Å². The van der Waals surface area contributed by atoms with Crippen molar-refractivity contribution in [1.29, 1.82) is 0 Å². The van der Waals surface area contributed by atoms with Gasteiger partial charge in [-0.2, -0.15) is 0 Å². The van der Waals surface area contributed by atoms with Gasteiger partial charge >= 0.3 is 0 Å². The number of benzene rings is 1. The fourth-order valence-corrected chi connectivity index (χ4v) is 2.89. The Labute approximate surface area is 127 Å². The first-order chi connectivity index (χ1) is 10.1. The van der Waals surface area contributed by atoms with Crippen molar-refractivity contribution in [3.8, 4) is 5.75 Å². The van der Waals surface area contributed by atoms with Crippen LogP contribution in [0.3, 0.4) is 0 Å². The predicted molar refractivity (Wildman–Crippen MR) is 84.7 cm³/mol. The molecular formula is C17H26N2O2. The molecule has 0 aromatic heterocycles. The molecule has 1 aromatic carbocycles. The molecule has 1 saturated heterocycles. The molecule has 3 atom stereocenters. The third-order valence-electron chi connectivity index (χ3n) is 4.14. The molecule has 0 aliphatic carbocycles. The summed E-state index contributed by atoms with van der Waals surface area (Å²) in [6.07, 6.45) is 2.55. The Kier molecular flexibility index (Phi) is 5.62. The number of ether oxygens (including phenoxy) is 1. The molecule has 4 heteroatoms. The van der Waals surface area contributed by atoms with Gasteiger partial charge in [0.25, 0.3) is 0 Å². The molecule has 4 nitrogen and oxygen atoms in total. The van der Waals surface area contributed by atoms with Crippen LogP contribution in [0.4, 0.5) is 0 Å². The maximum Gasteiger partial charge on any atom is 0.220 e. The van der Waals surface area contributed by atoms with Crippen LogP contribution in [0, 0.1) is 0 Å². The highest BCUT2D eigenvalue weighted by Crippen LogP contribution is 2.23. The second-order valence-corrected chi connectivity index (χ2v) is 6.03. The molecule has 2 N–H and O–H groups in total. The Morgan fingerprint density at radius 1 is 1.52 bits per heavy atom. The van der Waals surface area contributed by atoms with Crippen molar-refractivity contribution in [2.45, 2.75) is 51.1 Å². The molecule has 1 heterocycles. The third kappa shape index (κ3) is 4.74. The summed E-state index contributed by atoms with van der Waals surface area (Å²) in [5, 5.41) is 6.57. The van der Waals surface area contributed by atoms with Crippen LogP contribution >= 0.6 is 0 Å². The Morgan fingerprint density at radius 2 is 2.33 bits per heavy atom. The zero-order valence-corrected chi connectivity index (χ0v) is 13.2. The van der Waals surface area contributed by atoms with Crippen molar-refractivity contribution in [2.75, 3.05) is 13.7 Å². The smallest absolute Gasteiger partial charge is 0.220 e. The summed E-state index contributed by atoms with van der Waals surface area (Å²) in [7, 11) is 1.66. The number of amides is 1. The second kappa shape index (κ2) is 7.46. The lowest BCUT2D eigenvalue weighted by molar-refractivity contribution is -0.122. The standard InChI is InChI=1S/C17H26N2O2/c1-12(14-5-4-6-16(11-14)21-3)9-17(20)19-15-7-8-18-13(2)10-15/h4-6,11-13,15,18H,7-10H2,1-3H3,(H,19,20). The van der Waals surface area contributed by atoms with Gasteiger partial charge in [0, 0.05) is 18.5 Å². The van der Waals surface area contributed by atoms with Gasteiger partial charge < -0.3 is 15.4 Å². The van der Waals surface area contributed by atoms with E-state index < -0.39 is 0 Å². The lowest BCUT2D eigenvalue weighted by Gasteiger charge is -2.29. The zero-order valence-electron chi connectivity index (χ0n) is 13.2. The SMILES string of the molecule is COc1cccc(C(C)CC(=O)NC2CCNC(C)C2)c1. The second-order valence-electron chi connectivity index (χ2n) is 6.03. The largest absolute Gasteiger partial charge is 0.497 e. The first-order valence-electron chi connectivity index (χ1n) is 7.75. The van der Waals surface area contributed by atoms with Crippen LogP contribution < -0.4 is 15.4 Å². The van der Waals surface area contributed by atoms with Crippen LogP contribution in [-0.2, 0) is 4.79 Å². The maximum absolute atomic E-state index is 12.2. The maximum atomic E-state index is 12.2. The lowest BCUT2D eigenvalue weighted by atomic mass is 9.96. The van der Waals surface area contributed by atoms with Crippen LogP contribution in [0.25, 0.3) is 0 Å². The van der Waals surface area contributed by atoms with E-state index >= 15 is 0 Å². The molecule has 1 amide bonds. The van der Waals surface area contributed by atoms with Crippen LogP contribution in [0.5, 0.6) is 5.75 Å². The van der Waals surface area contributed by atoms with Crippen molar-refractivity contribution >= 4 is 5.91 Å². The summed E-state index contributed by atoms with van der Waals surface area (Å²) >= 11 is 0. The number of hydrogen-bond acceptors (Lipinski definition) is 3. The Balaban J connectivity index is 1.86. The van der Waals surface area contributed by atoms with Gasteiger partial charge in [-0.3, -0.25) is 4.79 Å².